The fraction of sp³-hybridized carbons (Fsp3) is 0.545. The fourth-order valence-corrected chi connectivity index (χ4v) is 1.77. The van der Waals surface area contributed by atoms with E-state index in [1.165, 1.54) is 4.90 Å². The molecular formula is C11H13ClN2O3. The Morgan fingerprint density at radius 1 is 1.47 bits per heavy atom. The van der Waals surface area contributed by atoms with Crippen LogP contribution >= 0.6 is 11.6 Å². The average Bonchev–Trinajstić information content (AvgIpc) is 2.79. The Balaban J connectivity index is 2.28. The number of ketones is 1. The maximum Gasteiger partial charge on any atom is 0.297 e. The molecule has 1 saturated heterocycles. The number of nitrogens with zero attached hydrogens (tertiary/aromatic N) is 2. The quantitative estimate of drug-likeness (QED) is 0.564. The minimum absolute atomic E-state index is 0.148. The number of hydrogen-bond acceptors (Lipinski definition) is 4. The van der Waals surface area contributed by atoms with Crippen molar-refractivity contribution in [3.05, 3.63) is 11.8 Å². The molecule has 1 aromatic rings. The van der Waals surface area contributed by atoms with E-state index in [0.29, 0.717) is 11.6 Å². The summed E-state index contributed by atoms with van der Waals surface area (Å²) in [6.45, 7) is 6.06. The zero-order valence-corrected chi connectivity index (χ0v) is 10.6. The molecule has 1 fully saturated rings. The number of halogens is 1. The summed E-state index contributed by atoms with van der Waals surface area (Å²) in [7, 11) is 0. The van der Waals surface area contributed by atoms with Gasteiger partial charge < -0.3 is 4.52 Å². The van der Waals surface area contributed by atoms with Crippen molar-refractivity contribution in [2.75, 3.05) is 11.4 Å². The van der Waals surface area contributed by atoms with Crippen molar-refractivity contribution in [3.8, 4) is 0 Å². The third-order valence-electron chi connectivity index (χ3n) is 2.60. The first-order valence-electron chi connectivity index (χ1n) is 5.27. The topological polar surface area (TPSA) is 63.4 Å². The summed E-state index contributed by atoms with van der Waals surface area (Å²) in [4.78, 5) is 24.1. The highest BCUT2D eigenvalue weighted by Gasteiger charge is 2.40. The van der Waals surface area contributed by atoms with E-state index in [1.54, 1.807) is 6.07 Å². The summed E-state index contributed by atoms with van der Waals surface area (Å²) >= 11 is 5.73. The van der Waals surface area contributed by atoms with E-state index in [-0.39, 0.29) is 12.0 Å². The first kappa shape index (κ1) is 12.1. The number of Topliss-reactive ketones (excluding diaryl/α,β-unsaturated/α-hetero) is 1. The second kappa shape index (κ2) is 3.84. The smallest absolute Gasteiger partial charge is 0.297 e. The van der Waals surface area contributed by atoms with Crippen molar-refractivity contribution in [2.45, 2.75) is 31.6 Å². The van der Waals surface area contributed by atoms with Gasteiger partial charge in [0, 0.05) is 11.5 Å². The van der Waals surface area contributed by atoms with Crippen molar-refractivity contribution >= 4 is 29.1 Å². The molecule has 0 spiro atoms. The Morgan fingerprint density at radius 2 is 2.12 bits per heavy atom. The summed E-state index contributed by atoms with van der Waals surface area (Å²) in [5, 5.41) is 3.01. The standard InChI is InChI=1S/C11H13ClN2O3/c1-11(2,3)7-4-8(13-17-7)14-5-6(12)9(15)10(14)16/h4,6H,5H2,1-3H3. The SMILES string of the molecule is CC(C)(C)c1cc(N2CC(Cl)C(=O)C2=O)no1. The first-order chi connectivity index (χ1) is 7.80. The van der Waals surface area contributed by atoms with Crippen LogP contribution < -0.4 is 4.90 Å². The van der Waals surface area contributed by atoms with Gasteiger partial charge in [-0.3, -0.25) is 14.5 Å². The number of anilines is 1. The molecule has 6 heteroatoms. The van der Waals surface area contributed by atoms with Crippen molar-refractivity contribution in [1.29, 1.82) is 0 Å². The highest BCUT2D eigenvalue weighted by atomic mass is 35.5. The minimum Gasteiger partial charge on any atom is -0.359 e. The molecule has 2 rings (SSSR count). The third kappa shape index (κ3) is 2.07. The maximum atomic E-state index is 11.6. The van der Waals surface area contributed by atoms with E-state index in [9.17, 15) is 9.59 Å². The van der Waals surface area contributed by atoms with Gasteiger partial charge in [0.05, 0.1) is 6.54 Å². The Labute approximate surface area is 104 Å². The van der Waals surface area contributed by atoms with Gasteiger partial charge in [-0.05, 0) is 0 Å². The molecule has 5 nitrogen and oxygen atoms in total. The molecule has 2 heterocycles. The zero-order chi connectivity index (χ0) is 12.8. The van der Waals surface area contributed by atoms with Crippen molar-refractivity contribution in [2.24, 2.45) is 0 Å². The van der Waals surface area contributed by atoms with Crippen LogP contribution in [0.4, 0.5) is 5.82 Å². The number of rotatable bonds is 1. The van der Waals surface area contributed by atoms with Gasteiger partial charge in [-0.25, -0.2) is 0 Å². The number of carbonyl (C=O) groups is 2. The number of amides is 1. The van der Waals surface area contributed by atoms with Gasteiger partial charge >= 0.3 is 0 Å². The monoisotopic (exact) mass is 256 g/mol. The van der Waals surface area contributed by atoms with Gasteiger partial charge in [0.15, 0.2) is 5.82 Å². The summed E-state index contributed by atoms with van der Waals surface area (Å²) in [6.07, 6.45) is 0. The number of aromatic nitrogens is 1. The lowest BCUT2D eigenvalue weighted by Gasteiger charge is -2.12. The summed E-state index contributed by atoms with van der Waals surface area (Å²) in [6, 6.07) is 1.67. The van der Waals surface area contributed by atoms with E-state index < -0.39 is 17.1 Å². The van der Waals surface area contributed by atoms with Crippen LogP contribution in [0.2, 0.25) is 0 Å². The fourth-order valence-electron chi connectivity index (χ4n) is 1.54. The van der Waals surface area contributed by atoms with Crippen LogP contribution in [0, 0.1) is 0 Å². The normalized spacial score (nSPS) is 21.4. The van der Waals surface area contributed by atoms with E-state index in [2.05, 4.69) is 5.16 Å². The molecular weight excluding hydrogens is 244 g/mol. The molecule has 1 amide bonds. The molecule has 0 radical (unpaired) electrons. The van der Waals surface area contributed by atoms with Gasteiger partial charge in [0.25, 0.3) is 5.91 Å². The predicted molar refractivity (Wildman–Crippen MR) is 62.2 cm³/mol. The molecule has 0 saturated carbocycles. The van der Waals surface area contributed by atoms with Crippen LogP contribution in [-0.4, -0.2) is 28.8 Å². The van der Waals surface area contributed by atoms with Gasteiger partial charge in [0.2, 0.25) is 5.78 Å². The van der Waals surface area contributed by atoms with Crippen LogP contribution in [0.25, 0.3) is 0 Å². The second-order valence-corrected chi connectivity index (χ2v) is 5.57. The first-order valence-corrected chi connectivity index (χ1v) is 5.71. The van der Waals surface area contributed by atoms with Gasteiger partial charge in [-0.1, -0.05) is 25.9 Å². The van der Waals surface area contributed by atoms with E-state index in [0.717, 1.165) is 0 Å². The summed E-state index contributed by atoms with van der Waals surface area (Å²) < 4.78 is 5.16. The maximum absolute atomic E-state index is 11.6. The summed E-state index contributed by atoms with van der Waals surface area (Å²) in [5.41, 5.74) is -0.196. The molecule has 0 aromatic carbocycles. The molecule has 0 aliphatic carbocycles. The Kier molecular flexibility index (Phi) is 2.73. The van der Waals surface area contributed by atoms with Crippen LogP contribution in [0.3, 0.4) is 0 Å². The van der Waals surface area contributed by atoms with E-state index >= 15 is 0 Å². The Hall–Kier alpha value is -1.36. The van der Waals surface area contributed by atoms with Gasteiger partial charge in [-0.15, -0.1) is 11.6 Å². The zero-order valence-electron chi connectivity index (χ0n) is 9.86. The lowest BCUT2D eigenvalue weighted by atomic mass is 9.93. The molecule has 17 heavy (non-hydrogen) atoms. The molecule has 92 valence electrons. The minimum atomic E-state index is -0.794. The molecule has 1 unspecified atom stereocenters. The van der Waals surface area contributed by atoms with Crippen molar-refractivity contribution in [3.63, 3.8) is 0 Å². The van der Waals surface area contributed by atoms with E-state index in [4.69, 9.17) is 16.1 Å². The number of carbonyl (C=O) groups excluding carboxylic acids is 2. The molecule has 0 bridgehead atoms. The van der Waals surface area contributed by atoms with E-state index in [1.807, 2.05) is 20.8 Å². The van der Waals surface area contributed by atoms with Crippen molar-refractivity contribution in [1.82, 2.24) is 5.16 Å². The Bertz CT molecular complexity index is 475. The number of alkyl halides is 1. The molecule has 1 aromatic heterocycles. The third-order valence-corrected chi connectivity index (χ3v) is 2.93. The lowest BCUT2D eigenvalue weighted by molar-refractivity contribution is -0.133. The molecule has 1 aliphatic heterocycles. The van der Waals surface area contributed by atoms with Crippen LogP contribution in [-0.2, 0) is 15.0 Å². The van der Waals surface area contributed by atoms with Crippen LogP contribution in [0.5, 0.6) is 0 Å². The second-order valence-electron chi connectivity index (χ2n) is 5.05. The molecule has 1 aliphatic rings. The van der Waals surface area contributed by atoms with Gasteiger partial charge in [-0.2, -0.15) is 0 Å². The summed E-state index contributed by atoms with van der Waals surface area (Å²) in [5.74, 6) is -0.215. The predicted octanol–water partition coefficient (Wildman–Crippen LogP) is 1.50. The highest BCUT2D eigenvalue weighted by molar-refractivity contribution is 6.54. The van der Waals surface area contributed by atoms with Crippen LogP contribution in [0.15, 0.2) is 10.6 Å². The van der Waals surface area contributed by atoms with Crippen molar-refractivity contribution < 1.29 is 14.1 Å². The lowest BCUT2D eigenvalue weighted by Crippen LogP contribution is -2.27. The largest absolute Gasteiger partial charge is 0.359 e. The molecule has 1 atom stereocenters. The Morgan fingerprint density at radius 3 is 2.53 bits per heavy atom. The van der Waals surface area contributed by atoms with Crippen LogP contribution in [0.1, 0.15) is 26.5 Å². The van der Waals surface area contributed by atoms with Gasteiger partial charge in [0.1, 0.15) is 11.1 Å². The highest BCUT2D eigenvalue weighted by Crippen LogP contribution is 2.28. The molecule has 0 N–H and O–H groups in total. The average molecular weight is 257 g/mol. The number of hydrogen-bond donors (Lipinski definition) is 0.